The van der Waals surface area contributed by atoms with Gasteiger partial charge in [0.2, 0.25) is 5.91 Å². The van der Waals surface area contributed by atoms with Crippen LogP contribution in [-0.2, 0) is 4.79 Å². The van der Waals surface area contributed by atoms with E-state index < -0.39 is 0 Å². The second kappa shape index (κ2) is 7.66. The van der Waals surface area contributed by atoms with Crippen molar-refractivity contribution in [2.24, 2.45) is 5.10 Å². The van der Waals surface area contributed by atoms with Crippen LogP contribution in [0.15, 0.2) is 52.7 Å². The highest BCUT2D eigenvalue weighted by Crippen LogP contribution is 2.19. The van der Waals surface area contributed by atoms with Gasteiger partial charge in [-0.15, -0.1) is 0 Å². The SMILES string of the molecule is O=C(CSc1ccccn1)NN=Cc1cc(Cl)ccc1O. The quantitative estimate of drug-likeness (QED) is 0.504. The van der Waals surface area contributed by atoms with Gasteiger partial charge in [-0.1, -0.05) is 29.4 Å². The van der Waals surface area contributed by atoms with Crippen molar-refractivity contribution in [1.82, 2.24) is 10.4 Å². The van der Waals surface area contributed by atoms with E-state index in [9.17, 15) is 9.90 Å². The van der Waals surface area contributed by atoms with E-state index in [-0.39, 0.29) is 17.4 Å². The first-order valence-electron chi connectivity index (χ1n) is 5.99. The largest absolute Gasteiger partial charge is 0.507 e. The zero-order chi connectivity index (χ0) is 15.1. The number of hydrogen-bond acceptors (Lipinski definition) is 5. The molecular weight excluding hydrogens is 310 g/mol. The number of hydrazone groups is 1. The van der Waals surface area contributed by atoms with Crippen molar-refractivity contribution in [1.29, 1.82) is 0 Å². The van der Waals surface area contributed by atoms with E-state index in [0.29, 0.717) is 10.6 Å². The molecule has 0 atom stereocenters. The van der Waals surface area contributed by atoms with Crippen LogP contribution in [0.1, 0.15) is 5.56 Å². The summed E-state index contributed by atoms with van der Waals surface area (Å²) in [5, 5.41) is 14.6. The molecule has 21 heavy (non-hydrogen) atoms. The summed E-state index contributed by atoms with van der Waals surface area (Å²) in [5.41, 5.74) is 2.81. The van der Waals surface area contributed by atoms with Crippen molar-refractivity contribution in [3.8, 4) is 5.75 Å². The maximum atomic E-state index is 11.6. The molecule has 0 saturated carbocycles. The molecule has 2 aromatic rings. The van der Waals surface area contributed by atoms with Gasteiger partial charge in [0.15, 0.2) is 0 Å². The van der Waals surface area contributed by atoms with Gasteiger partial charge in [-0.05, 0) is 30.3 Å². The van der Waals surface area contributed by atoms with Crippen LogP contribution in [0.5, 0.6) is 5.75 Å². The summed E-state index contributed by atoms with van der Waals surface area (Å²) in [6, 6.07) is 10.1. The monoisotopic (exact) mass is 321 g/mol. The third kappa shape index (κ3) is 5.09. The van der Waals surface area contributed by atoms with Crippen LogP contribution in [-0.4, -0.2) is 28.0 Å². The first-order valence-corrected chi connectivity index (χ1v) is 7.36. The molecule has 0 bridgehead atoms. The predicted octanol–water partition coefficient (Wildman–Crippen LogP) is 2.68. The predicted molar refractivity (Wildman–Crippen MR) is 83.8 cm³/mol. The molecule has 0 aliphatic heterocycles. The van der Waals surface area contributed by atoms with Gasteiger partial charge in [0.25, 0.3) is 0 Å². The average molecular weight is 322 g/mol. The Morgan fingerprint density at radius 2 is 2.29 bits per heavy atom. The van der Waals surface area contributed by atoms with Crippen molar-refractivity contribution in [3.05, 3.63) is 53.2 Å². The molecule has 0 spiro atoms. The average Bonchev–Trinajstić information content (AvgIpc) is 2.50. The molecule has 0 aliphatic rings. The molecule has 0 aliphatic carbocycles. The molecule has 1 aromatic heterocycles. The van der Waals surface area contributed by atoms with Crippen LogP contribution >= 0.6 is 23.4 Å². The number of hydrogen-bond donors (Lipinski definition) is 2. The Kier molecular flexibility index (Phi) is 5.59. The number of carbonyl (C=O) groups excluding carboxylic acids is 1. The van der Waals surface area contributed by atoms with Crippen LogP contribution in [0.25, 0.3) is 0 Å². The molecule has 1 aromatic carbocycles. The highest BCUT2D eigenvalue weighted by molar-refractivity contribution is 7.99. The first kappa shape index (κ1) is 15.3. The van der Waals surface area contributed by atoms with Crippen molar-refractivity contribution in [3.63, 3.8) is 0 Å². The first-order chi connectivity index (χ1) is 10.1. The third-order valence-corrected chi connectivity index (χ3v) is 3.55. The normalized spacial score (nSPS) is 10.7. The minimum absolute atomic E-state index is 0.0419. The van der Waals surface area contributed by atoms with E-state index in [1.165, 1.54) is 24.0 Å². The molecular formula is C14H12ClN3O2S. The number of halogens is 1. The Labute approximate surface area is 131 Å². The number of nitrogens with one attached hydrogen (secondary N) is 1. The maximum absolute atomic E-state index is 11.6. The number of aromatic nitrogens is 1. The van der Waals surface area contributed by atoms with E-state index in [4.69, 9.17) is 11.6 Å². The molecule has 0 unspecified atom stereocenters. The number of nitrogens with zero attached hydrogens (tertiary/aromatic N) is 2. The fraction of sp³-hybridized carbons (Fsp3) is 0.0714. The number of thioether (sulfide) groups is 1. The number of carbonyl (C=O) groups is 1. The van der Waals surface area contributed by atoms with Crippen LogP contribution < -0.4 is 5.43 Å². The van der Waals surface area contributed by atoms with Crippen LogP contribution in [0.4, 0.5) is 0 Å². The molecule has 0 radical (unpaired) electrons. The Morgan fingerprint density at radius 3 is 3.05 bits per heavy atom. The van der Waals surface area contributed by atoms with E-state index in [0.717, 1.165) is 5.03 Å². The molecule has 1 amide bonds. The number of phenolic OH excluding ortho intramolecular Hbond substituents is 1. The molecule has 1 heterocycles. The van der Waals surface area contributed by atoms with E-state index in [1.807, 2.05) is 18.2 Å². The van der Waals surface area contributed by atoms with Gasteiger partial charge in [0.05, 0.1) is 17.0 Å². The van der Waals surface area contributed by atoms with Gasteiger partial charge in [-0.3, -0.25) is 4.79 Å². The molecule has 5 nitrogen and oxygen atoms in total. The topological polar surface area (TPSA) is 74.6 Å². The fourth-order valence-corrected chi connectivity index (χ4v) is 2.24. The second-order valence-electron chi connectivity index (χ2n) is 3.95. The number of phenols is 1. The summed E-state index contributed by atoms with van der Waals surface area (Å²) in [6.07, 6.45) is 3.00. The van der Waals surface area contributed by atoms with Gasteiger partial charge >= 0.3 is 0 Å². The van der Waals surface area contributed by atoms with Crippen molar-refractivity contribution in [2.45, 2.75) is 5.03 Å². The summed E-state index contributed by atoms with van der Waals surface area (Å²) in [6.45, 7) is 0. The van der Waals surface area contributed by atoms with Gasteiger partial charge < -0.3 is 5.11 Å². The Morgan fingerprint density at radius 1 is 1.43 bits per heavy atom. The van der Waals surface area contributed by atoms with Crippen LogP contribution in [0.2, 0.25) is 5.02 Å². The van der Waals surface area contributed by atoms with Crippen LogP contribution in [0, 0.1) is 0 Å². The van der Waals surface area contributed by atoms with Crippen LogP contribution in [0.3, 0.4) is 0 Å². The summed E-state index contributed by atoms with van der Waals surface area (Å²) >= 11 is 7.12. The lowest BCUT2D eigenvalue weighted by atomic mass is 10.2. The third-order valence-electron chi connectivity index (χ3n) is 2.37. The lowest BCUT2D eigenvalue weighted by molar-refractivity contribution is -0.118. The minimum atomic E-state index is -0.261. The highest BCUT2D eigenvalue weighted by atomic mass is 35.5. The lowest BCUT2D eigenvalue weighted by Crippen LogP contribution is -2.19. The number of benzene rings is 1. The summed E-state index contributed by atoms with van der Waals surface area (Å²) in [7, 11) is 0. The Bertz CT molecular complexity index is 650. The Hall–Kier alpha value is -2.05. The Balaban J connectivity index is 1.83. The van der Waals surface area contributed by atoms with Crippen molar-refractivity contribution < 1.29 is 9.90 Å². The second-order valence-corrected chi connectivity index (χ2v) is 5.39. The van der Waals surface area contributed by atoms with Gasteiger partial charge in [0, 0.05) is 16.8 Å². The molecule has 108 valence electrons. The van der Waals surface area contributed by atoms with Crippen molar-refractivity contribution in [2.75, 3.05) is 5.75 Å². The van der Waals surface area contributed by atoms with Crippen molar-refractivity contribution >= 4 is 35.5 Å². The highest BCUT2D eigenvalue weighted by Gasteiger charge is 2.02. The summed E-state index contributed by atoms with van der Waals surface area (Å²) in [4.78, 5) is 15.7. The zero-order valence-corrected chi connectivity index (χ0v) is 12.4. The summed E-state index contributed by atoms with van der Waals surface area (Å²) < 4.78 is 0. The molecule has 2 rings (SSSR count). The number of aromatic hydroxyl groups is 1. The zero-order valence-electron chi connectivity index (χ0n) is 10.9. The molecule has 0 fully saturated rings. The number of rotatable bonds is 5. The molecule has 2 N–H and O–H groups in total. The molecule has 0 saturated heterocycles. The van der Waals surface area contributed by atoms with E-state index >= 15 is 0 Å². The smallest absolute Gasteiger partial charge is 0.250 e. The number of pyridine rings is 1. The minimum Gasteiger partial charge on any atom is -0.507 e. The standard InChI is InChI=1S/C14H12ClN3O2S/c15-11-4-5-12(19)10(7-11)8-17-18-13(20)9-21-14-3-1-2-6-16-14/h1-8,19H,9H2,(H,18,20). The fourth-order valence-electron chi connectivity index (χ4n) is 1.41. The lowest BCUT2D eigenvalue weighted by Gasteiger charge is -2.01. The number of amides is 1. The van der Waals surface area contributed by atoms with Gasteiger partial charge in [-0.25, -0.2) is 10.4 Å². The van der Waals surface area contributed by atoms with E-state index in [2.05, 4.69) is 15.5 Å². The van der Waals surface area contributed by atoms with Gasteiger partial charge in [0.1, 0.15) is 5.75 Å². The summed E-state index contributed by atoms with van der Waals surface area (Å²) in [5.74, 6) is -0.0146. The van der Waals surface area contributed by atoms with Gasteiger partial charge in [-0.2, -0.15) is 5.10 Å². The van der Waals surface area contributed by atoms with E-state index in [1.54, 1.807) is 18.3 Å². The molecule has 7 heteroatoms. The maximum Gasteiger partial charge on any atom is 0.250 e.